The van der Waals surface area contributed by atoms with Gasteiger partial charge in [0.15, 0.2) is 0 Å². The molecule has 0 saturated heterocycles. The molecule has 3 rings (SSSR count). The van der Waals surface area contributed by atoms with Crippen molar-refractivity contribution in [2.24, 2.45) is 0 Å². The van der Waals surface area contributed by atoms with E-state index in [9.17, 15) is 9.18 Å². The fourth-order valence-corrected chi connectivity index (χ4v) is 2.44. The number of rotatable bonds is 4. The number of nitrogens with zero attached hydrogens (tertiary/aromatic N) is 2. The monoisotopic (exact) mass is 376 g/mol. The molecule has 5 nitrogen and oxygen atoms in total. The van der Waals surface area contributed by atoms with Crippen molar-refractivity contribution >= 4 is 46.4 Å². The standard InChI is InChI=1S/C17H11Cl2FN4O/c18-10-1-6-14(13(19)9-10)23-17-21-8-7-15(24-17)16(25)22-12-4-2-11(20)3-5-12/h1-9H,(H,22,25)(H,21,23,24). The second-order valence-corrected chi connectivity index (χ2v) is 5.82. The molecule has 126 valence electrons. The fraction of sp³-hybridized carbons (Fsp3) is 0. The van der Waals surface area contributed by atoms with E-state index in [1.54, 1.807) is 18.2 Å². The lowest BCUT2D eigenvalue weighted by atomic mass is 10.3. The molecule has 0 bridgehead atoms. The molecule has 0 spiro atoms. The number of hydrogen-bond donors (Lipinski definition) is 2. The highest BCUT2D eigenvalue weighted by Crippen LogP contribution is 2.27. The van der Waals surface area contributed by atoms with Crippen molar-refractivity contribution in [1.29, 1.82) is 0 Å². The number of carbonyl (C=O) groups is 1. The first-order chi connectivity index (χ1) is 12.0. The van der Waals surface area contributed by atoms with Crippen molar-refractivity contribution in [3.63, 3.8) is 0 Å². The number of hydrogen-bond acceptors (Lipinski definition) is 4. The van der Waals surface area contributed by atoms with Gasteiger partial charge in [0.05, 0.1) is 10.7 Å². The molecule has 0 fully saturated rings. The summed E-state index contributed by atoms with van der Waals surface area (Å²) in [5.74, 6) is -0.624. The highest BCUT2D eigenvalue weighted by atomic mass is 35.5. The van der Waals surface area contributed by atoms with Crippen LogP contribution < -0.4 is 10.6 Å². The van der Waals surface area contributed by atoms with Crippen LogP contribution in [0.3, 0.4) is 0 Å². The lowest BCUT2D eigenvalue weighted by Crippen LogP contribution is -2.14. The minimum absolute atomic E-state index is 0.145. The van der Waals surface area contributed by atoms with Gasteiger partial charge in [-0.2, -0.15) is 0 Å². The van der Waals surface area contributed by atoms with E-state index in [0.717, 1.165) is 0 Å². The molecule has 2 N–H and O–H groups in total. The van der Waals surface area contributed by atoms with E-state index in [1.165, 1.54) is 36.5 Å². The zero-order valence-corrected chi connectivity index (χ0v) is 14.1. The normalized spacial score (nSPS) is 10.4. The lowest BCUT2D eigenvalue weighted by molar-refractivity contribution is 0.102. The number of benzene rings is 2. The van der Waals surface area contributed by atoms with Gasteiger partial charge in [0.1, 0.15) is 11.5 Å². The van der Waals surface area contributed by atoms with Crippen LogP contribution >= 0.6 is 23.2 Å². The third-order valence-corrected chi connectivity index (χ3v) is 3.72. The number of nitrogens with one attached hydrogen (secondary N) is 2. The molecule has 25 heavy (non-hydrogen) atoms. The molecule has 0 aliphatic heterocycles. The third kappa shape index (κ3) is 4.43. The van der Waals surface area contributed by atoms with E-state index < -0.39 is 5.91 Å². The number of amides is 1. The summed E-state index contributed by atoms with van der Waals surface area (Å²) < 4.78 is 12.9. The lowest BCUT2D eigenvalue weighted by Gasteiger charge is -2.09. The average molecular weight is 377 g/mol. The Hall–Kier alpha value is -2.70. The van der Waals surface area contributed by atoms with Crippen molar-refractivity contribution < 1.29 is 9.18 Å². The van der Waals surface area contributed by atoms with Gasteiger partial charge in [0.2, 0.25) is 5.95 Å². The summed E-state index contributed by atoms with van der Waals surface area (Å²) in [6.07, 6.45) is 1.44. The molecule has 2 aromatic carbocycles. The van der Waals surface area contributed by atoms with Crippen LogP contribution in [0.1, 0.15) is 10.5 Å². The first-order valence-corrected chi connectivity index (χ1v) is 7.89. The summed E-state index contributed by atoms with van der Waals surface area (Å²) in [4.78, 5) is 20.4. The molecule has 0 radical (unpaired) electrons. The summed E-state index contributed by atoms with van der Waals surface area (Å²) in [6.45, 7) is 0. The Labute approximate surface area is 152 Å². The van der Waals surface area contributed by atoms with Gasteiger partial charge >= 0.3 is 0 Å². The van der Waals surface area contributed by atoms with Crippen molar-refractivity contribution in [3.8, 4) is 0 Å². The Kier molecular flexibility index (Phi) is 5.11. The SMILES string of the molecule is O=C(Nc1ccc(F)cc1)c1ccnc(Nc2ccc(Cl)cc2Cl)n1. The molecule has 8 heteroatoms. The Morgan fingerprint density at radius 1 is 1.04 bits per heavy atom. The summed E-state index contributed by atoms with van der Waals surface area (Å²) in [6, 6.07) is 11.8. The number of carbonyl (C=O) groups excluding carboxylic acids is 1. The molecule has 0 aliphatic carbocycles. The number of aromatic nitrogens is 2. The van der Waals surface area contributed by atoms with Crippen molar-refractivity contribution in [1.82, 2.24) is 9.97 Å². The minimum Gasteiger partial charge on any atom is -0.323 e. The summed E-state index contributed by atoms with van der Waals surface area (Å²) in [7, 11) is 0. The van der Waals surface area contributed by atoms with E-state index >= 15 is 0 Å². The van der Waals surface area contributed by atoms with E-state index in [2.05, 4.69) is 20.6 Å². The molecule has 1 heterocycles. The van der Waals surface area contributed by atoms with Gasteiger partial charge in [-0.05, 0) is 48.5 Å². The van der Waals surface area contributed by atoms with Crippen LogP contribution in [0.4, 0.5) is 21.7 Å². The summed E-state index contributed by atoms with van der Waals surface area (Å²) in [5, 5.41) is 6.46. The molecular formula is C17H11Cl2FN4O. The zero-order valence-electron chi connectivity index (χ0n) is 12.6. The van der Waals surface area contributed by atoms with Crippen LogP contribution in [0.25, 0.3) is 0 Å². The van der Waals surface area contributed by atoms with E-state index in [4.69, 9.17) is 23.2 Å². The predicted octanol–water partition coefficient (Wildman–Crippen LogP) is 4.92. The first-order valence-electron chi connectivity index (χ1n) is 7.13. The Bertz CT molecular complexity index is 919. The van der Waals surface area contributed by atoms with Crippen LogP contribution in [0.2, 0.25) is 10.0 Å². The van der Waals surface area contributed by atoms with E-state index in [-0.39, 0.29) is 17.5 Å². The van der Waals surface area contributed by atoms with Crippen molar-refractivity contribution in [2.75, 3.05) is 10.6 Å². The van der Waals surface area contributed by atoms with Gasteiger partial charge in [0.25, 0.3) is 5.91 Å². The van der Waals surface area contributed by atoms with Gasteiger partial charge in [-0.3, -0.25) is 4.79 Å². The molecule has 0 unspecified atom stereocenters. The molecule has 1 aromatic heterocycles. The fourth-order valence-electron chi connectivity index (χ4n) is 1.99. The maximum Gasteiger partial charge on any atom is 0.274 e. The molecule has 0 atom stereocenters. The highest BCUT2D eigenvalue weighted by molar-refractivity contribution is 6.36. The van der Waals surface area contributed by atoms with Crippen molar-refractivity contribution in [2.45, 2.75) is 0 Å². The summed E-state index contributed by atoms with van der Waals surface area (Å²) >= 11 is 11.9. The van der Waals surface area contributed by atoms with Gasteiger partial charge < -0.3 is 10.6 Å². The molecule has 3 aromatic rings. The average Bonchev–Trinajstić information content (AvgIpc) is 2.60. The predicted molar refractivity (Wildman–Crippen MR) is 96.1 cm³/mol. The second-order valence-electron chi connectivity index (χ2n) is 4.98. The van der Waals surface area contributed by atoms with Crippen LogP contribution in [-0.4, -0.2) is 15.9 Å². The molecule has 0 saturated carbocycles. The third-order valence-electron chi connectivity index (χ3n) is 3.17. The van der Waals surface area contributed by atoms with Gasteiger partial charge in [0, 0.05) is 16.9 Å². The Balaban J connectivity index is 1.76. The molecule has 1 amide bonds. The smallest absolute Gasteiger partial charge is 0.274 e. The number of anilines is 3. The maximum absolute atomic E-state index is 12.9. The number of halogens is 3. The zero-order chi connectivity index (χ0) is 17.8. The largest absolute Gasteiger partial charge is 0.323 e. The highest BCUT2D eigenvalue weighted by Gasteiger charge is 2.10. The molecular weight excluding hydrogens is 366 g/mol. The van der Waals surface area contributed by atoms with Gasteiger partial charge in [-0.15, -0.1) is 0 Å². The quantitative estimate of drug-likeness (QED) is 0.678. The Morgan fingerprint density at radius 2 is 1.80 bits per heavy atom. The van der Waals surface area contributed by atoms with E-state index in [1.807, 2.05) is 0 Å². The van der Waals surface area contributed by atoms with Gasteiger partial charge in [-0.25, -0.2) is 14.4 Å². The van der Waals surface area contributed by atoms with Crippen LogP contribution in [0.5, 0.6) is 0 Å². The molecule has 0 aliphatic rings. The first kappa shape index (κ1) is 17.1. The minimum atomic E-state index is -0.445. The second kappa shape index (κ2) is 7.46. The summed E-state index contributed by atoms with van der Waals surface area (Å²) in [5.41, 5.74) is 1.16. The van der Waals surface area contributed by atoms with E-state index in [0.29, 0.717) is 21.4 Å². The van der Waals surface area contributed by atoms with Crippen LogP contribution in [-0.2, 0) is 0 Å². The van der Waals surface area contributed by atoms with Crippen LogP contribution in [0.15, 0.2) is 54.7 Å². The maximum atomic E-state index is 12.9. The van der Waals surface area contributed by atoms with Crippen LogP contribution in [0, 0.1) is 5.82 Å². The Morgan fingerprint density at radius 3 is 2.52 bits per heavy atom. The van der Waals surface area contributed by atoms with Crippen molar-refractivity contribution in [3.05, 3.63) is 76.3 Å². The topological polar surface area (TPSA) is 66.9 Å². The van der Waals surface area contributed by atoms with Gasteiger partial charge in [-0.1, -0.05) is 23.2 Å².